The average Bonchev–Trinajstić information content (AvgIpc) is 3.27. The number of benzene rings is 1. The molecule has 2 saturated carbocycles. The van der Waals surface area contributed by atoms with Crippen LogP contribution in [0.5, 0.6) is 0 Å². The highest BCUT2D eigenvalue weighted by Crippen LogP contribution is 2.34. The molecule has 1 aromatic carbocycles. The van der Waals surface area contributed by atoms with Gasteiger partial charge in [0, 0.05) is 42.7 Å². The predicted octanol–water partition coefficient (Wildman–Crippen LogP) is 2.02. The van der Waals surface area contributed by atoms with Crippen molar-refractivity contribution in [3.8, 4) is 0 Å². The summed E-state index contributed by atoms with van der Waals surface area (Å²) in [5, 5.41) is 13.6. The van der Waals surface area contributed by atoms with E-state index in [0.29, 0.717) is 18.0 Å². The van der Waals surface area contributed by atoms with Crippen molar-refractivity contribution in [3.63, 3.8) is 0 Å². The van der Waals surface area contributed by atoms with Gasteiger partial charge in [-0.15, -0.1) is 0 Å². The molecule has 27 heavy (non-hydrogen) atoms. The van der Waals surface area contributed by atoms with Gasteiger partial charge in [-0.3, -0.25) is 15.1 Å². The van der Waals surface area contributed by atoms with Gasteiger partial charge in [0.2, 0.25) is 0 Å². The van der Waals surface area contributed by atoms with Crippen molar-refractivity contribution in [2.24, 2.45) is 11.8 Å². The largest absolute Gasteiger partial charge is 0.480 e. The summed E-state index contributed by atoms with van der Waals surface area (Å²) < 4.78 is 0. The van der Waals surface area contributed by atoms with Crippen molar-refractivity contribution >= 4 is 17.6 Å². The zero-order valence-electron chi connectivity index (χ0n) is 15.5. The molecule has 0 amide bonds. The zero-order chi connectivity index (χ0) is 18.8. The lowest BCUT2D eigenvalue weighted by atomic mass is 9.84. The molecule has 6 nitrogen and oxygen atoms in total. The van der Waals surface area contributed by atoms with E-state index in [1.165, 1.54) is 18.4 Å². The third-order valence-corrected chi connectivity index (χ3v) is 6.36. The number of carbonyl (C=O) groups is 1. The first-order valence-corrected chi connectivity index (χ1v) is 10.4. The minimum absolute atomic E-state index is 0.182. The lowest BCUT2D eigenvalue weighted by Gasteiger charge is -2.43. The minimum Gasteiger partial charge on any atom is -0.480 e. The Bertz CT molecular complexity index is 663. The molecule has 0 bridgehead atoms. The van der Waals surface area contributed by atoms with E-state index in [-0.39, 0.29) is 12.6 Å². The molecular weight excluding hydrogens is 364 g/mol. The van der Waals surface area contributed by atoms with E-state index < -0.39 is 5.97 Å². The van der Waals surface area contributed by atoms with Gasteiger partial charge in [-0.2, -0.15) is 0 Å². The van der Waals surface area contributed by atoms with Gasteiger partial charge in [0.05, 0.1) is 12.6 Å². The van der Waals surface area contributed by atoms with Crippen molar-refractivity contribution in [3.05, 3.63) is 34.9 Å². The summed E-state index contributed by atoms with van der Waals surface area (Å²) in [4.78, 5) is 13.3. The number of halogens is 1. The van der Waals surface area contributed by atoms with E-state index in [1.807, 2.05) is 18.2 Å². The fourth-order valence-electron chi connectivity index (χ4n) is 4.30. The van der Waals surface area contributed by atoms with E-state index in [9.17, 15) is 9.90 Å². The lowest BCUT2D eigenvalue weighted by Crippen LogP contribution is -2.55. The molecule has 1 saturated heterocycles. The first-order valence-electron chi connectivity index (χ1n) is 10.0. The van der Waals surface area contributed by atoms with Gasteiger partial charge in [0.1, 0.15) is 0 Å². The van der Waals surface area contributed by atoms with Crippen LogP contribution in [0, 0.1) is 11.8 Å². The van der Waals surface area contributed by atoms with Gasteiger partial charge in [0.25, 0.3) is 0 Å². The van der Waals surface area contributed by atoms with Crippen LogP contribution in [0.25, 0.3) is 0 Å². The van der Waals surface area contributed by atoms with E-state index in [4.69, 9.17) is 11.6 Å². The topological polar surface area (TPSA) is 76.6 Å². The van der Waals surface area contributed by atoms with Crippen molar-refractivity contribution in [1.29, 1.82) is 0 Å². The molecule has 2 atom stereocenters. The third kappa shape index (κ3) is 5.00. The molecule has 4 rings (SSSR count). The summed E-state index contributed by atoms with van der Waals surface area (Å²) in [5.41, 5.74) is 7.85. The second-order valence-electron chi connectivity index (χ2n) is 8.31. The van der Waals surface area contributed by atoms with Crippen molar-refractivity contribution in [1.82, 2.24) is 21.1 Å². The van der Waals surface area contributed by atoms with Gasteiger partial charge in [-0.25, -0.2) is 5.43 Å². The number of carboxylic acid groups (broad SMARTS) is 1. The fraction of sp³-hybridized carbons (Fsp3) is 0.650. The summed E-state index contributed by atoms with van der Waals surface area (Å²) in [6.07, 6.45) is 4.62. The Balaban J connectivity index is 1.24. The Hall–Kier alpha value is -1.18. The number of aliphatic carboxylic acids is 1. The average molecular weight is 393 g/mol. The van der Waals surface area contributed by atoms with Crippen LogP contribution >= 0.6 is 11.6 Å². The molecule has 1 heterocycles. The number of rotatable bonds is 9. The number of carboxylic acids is 1. The highest BCUT2D eigenvalue weighted by atomic mass is 35.5. The molecular formula is C20H29ClN4O2. The quantitative estimate of drug-likeness (QED) is 0.515. The third-order valence-electron chi connectivity index (χ3n) is 6.13. The Morgan fingerprint density at radius 3 is 2.85 bits per heavy atom. The predicted molar refractivity (Wildman–Crippen MR) is 106 cm³/mol. The summed E-state index contributed by atoms with van der Waals surface area (Å²) in [6, 6.07) is 9.21. The smallest absolute Gasteiger partial charge is 0.317 e. The molecule has 1 aliphatic heterocycles. The maximum atomic E-state index is 11.2. The van der Waals surface area contributed by atoms with Gasteiger partial charge in [-0.1, -0.05) is 23.7 Å². The van der Waals surface area contributed by atoms with E-state index in [2.05, 4.69) is 27.1 Å². The molecule has 0 radical (unpaired) electrons. The first-order chi connectivity index (χ1) is 13.1. The van der Waals surface area contributed by atoms with E-state index in [1.54, 1.807) is 0 Å². The van der Waals surface area contributed by atoms with Crippen LogP contribution in [0.2, 0.25) is 5.02 Å². The fourth-order valence-corrected chi connectivity index (χ4v) is 4.50. The molecule has 148 valence electrons. The summed E-state index contributed by atoms with van der Waals surface area (Å²) >= 11 is 6.14. The van der Waals surface area contributed by atoms with Crippen molar-refractivity contribution in [2.75, 3.05) is 26.2 Å². The van der Waals surface area contributed by atoms with Crippen LogP contribution in [0.3, 0.4) is 0 Å². The number of nitrogens with one attached hydrogen (secondary N) is 3. The Morgan fingerprint density at radius 2 is 2.15 bits per heavy atom. The summed E-state index contributed by atoms with van der Waals surface area (Å²) in [7, 11) is 0. The maximum absolute atomic E-state index is 11.2. The minimum atomic E-state index is -0.709. The van der Waals surface area contributed by atoms with E-state index >= 15 is 0 Å². The molecule has 1 aromatic rings. The second kappa shape index (κ2) is 8.45. The Labute approximate surface area is 165 Å². The highest BCUT2D eigenvalue weighted by molar-refractivity contribution is 6.30. The number of hydrogen-bond acceptors (Lipinski definition) is 5. The summed E-state index contributed by atoms with van der Waals surface area (Å²) in [6.45, 7) is 3.00. The highest BCUT2D eigenvalue weighted by Gasteiger charge is 2.38. The van der Waals surface area contributed by atoms with Crippen LogP contribution < -0.4 is 16.2 Å². The van der Waals surface area contributed by atoms with Crippen LogP contribution in [0.15, 0.2) is 24.3 Å². The first kappa shape index (κ1) is 19.2. The van der Waals surface area contributed by atoms with Gasteiger partial charge in [0.15, 0.2) is 0 Å². The summed E-state index contributed by atoms with van der Waals surface area (Å²) in [5.74, 6) is 0.481. The molecule has 3 aliphatic rings. The number of hydrazine groups is 1. The molecule has 4 N–H and O–H groups in total. The van der Waals surface area contributed by atoms with Gasteiger partial charge < -0.3 is 10.4 Å². The molecule has 0 aromatic heterocycles. The zero-order valence-corrected chi connectivity index (χ0v) is 16.3. The molecule has 3 fully saturated rings. The molecule has 0 spiro atoms. The SMILES string of the molecule is O=C(O)CN(CC1CC1)C1CC(NCC2CNNC2c2cccc(Cl)c2)C1. The molecule has 7 heteroatoms. The second-order valence-corrected chi connectivity index (χ2v) is 8.75. The van der Waals surface area contributed by atoms with Gasteiger partial charge in [-0.05, 0) is 49.3 Å². The number of hydrogen-bond donors (Lipinski definition) is 4. The number of nitrogens with zero attached hydrogens (tertiary/aromatic N) is 1. The normalized spacial score (nSPS) is 30.4. The lowest BCUT2D eigenvalue weighted by molar-refractivity contribution is -0.139. The van der Waals surface area contributed by atoms with Gasteiger partial charge >= 0.3 is 5.97 Å². The Morgan fingerprint density at radius 1 is 1.33 bits per heavy atom. The monoisotopic (exact) mass is 392 g/mol. The molecule has 2 aliphatic carbocycles. The van der Waals surface area contributed by atoms with Crippen LogP contribution in [0.4, 0.5) is 0 Å². The van der Waals surface area contributed by atoms with Crippen molar-refractivity contribution < 1.29 is 9.90 Å². The maximum Gasteiger partial charge on any atom is 0.317 e. The van der Waals surface area contributed by atoms with Crippen LogP contribution in [-0.2, 0) is 4.79 Å². The Kier molecular flexibility index (Phi) is 5.99. The van der Waals surface area contributed by atoms with Crippen LogP contribution in [0.1, 0.15) is 37.3 Å². The van der Waals surface area contributed by atoms with E-state index in [0.717, 1.165) is 43.4 Å². The molecule has 2 unspecified atom stereocenters. The standard InChI is InChI=1S/C20H29ClN4O2/c21-16-3-1-2-14(6-16)20-15(10-23-24-20)9-22-17-7-18(8-17)25(12-19(26)27)11-13-4-5-13/h1-3,6,13,15,17-18,20,22-24H,4-5,7-12H2,(H,26,27). The van der Waals surface area contributed by atoms with Crippen LogP contribution in [-0.4, -0.2) is 54.2 Å². The van der Waals surface area contributed by atoms with Crippen molar-refractivity contribution in [2.45, 2.75) is 43.8 Å².